The summed E-state index contributed by atoms with van der Waals surface area (Å²) in [6.07, 6.45) is 9.86. The Balaban J connectivity index is 1.44. The van der Waals surface area contributed by atoms with Crippen LogP contribution in [0.2, 0.25) is 0 Å². The van der Waals surface area contributed by atoms with Crippen LogP contribution in [-0.4, -0.2) is 16.9 Å². The van der Waals surface area contributed by atoms with Crippen LogP contribution in [0.3, 0.4) is 0 Å². The number of carbonyl (C=O) groups excluding carboxylic acids is 2. The zero-order valence-corrected chi connectivity index (χ0v) is 21.2. The number of unbranched alkanes of at least 4 members (excludes halogenated alkanes) is 7. The molecule has 3 rings (SSSR count). The van der Waals surface area contributed by atoms with Gasteiger partial charge in [0, 0.05) is 18.6 Å². The molecule has 0 spiro atoms. The van der Waals surface area contributed by atoms with Gasteiger partial charge in [-0.25, -0.2) is 4.79 Å². The molecule has 0 aliphatic carbocycles. The standard InChI is InChI=1S/C30H33NO6/c1-2-3-4-5-6-7-8-9-10-29(32)36-27-19-15-24(16-20-27)23-11-13-25(14-12-23)30(33)37-28-21-17-26(18-22-28)31(34)35/h11-22H,2-10H2,1H3. The Morgan fingerprint density at radius 3 is 1.73 bits per heavy atom. The van der Waals surface area contributed by atoms with E-state index in [0.29, 0.717) is 17.7 Å². The van der Waals surface area contributed by atoms with Crippen molar-refractivity contribution in [3.8, 4) is 22.6 Å². The van der Waals surface area contributed by atoms with Crippen molar-refractivity contribution in [2.24, 2.45) is 0 Å². The highest BCUT2D eigenvalue weighted by Gasteiger charge is 2.11. The van der Waals surface area contributed by atoms with Crippen molar-refractivity contribution in [2.45, 2.75) is 64.7 Å². The van der Waals surface area contributed by atoms with Crippen LogP contribution in [0.1, 0.15) is 75.1 Å². The summed E-state index contributed by atoms with van der Waals surface area (Å²) in [7, 11) is 0. The molecule has 0 N–H and O–H groups in total. The number of esters is 2. The minimum absolute atomic E-state index is 0.0755. The van der Waals surface area contributed by atoms with Gasteiger partial charge in [0.15, 0.2) is 0 Å². The lowest BCUT2D eigenvalue weighted by molar-refractivity contribution is -0.384. The Hall–Kier alpha value is -4.00. The van der Waals surface area contributed by atoms with Gasteiger partial charge < -0.3 is 9.47 Å². The zero-order chi connectivity index (χ0) is 26.5. The summed E-state index contributed by atoms with van der Waals surface area (Å²) in [5, 5.41) is 10.7. The fraction of sp³-hybridized carbons (Fsp3) is 0.333. The second-order valence-electron chi connectivity index (χ2n) is 8.94. The highest BCUT2D eigenvalue weighted by Crippen LogP contribution is 2.24. The van der Waals surface area contributed by atoms with Gasteiger partial charge in [0.2, 0.25) is 0 Å². The van der Waals surface area contributed by atoms with Crippen molar-refractivity contribution in [3.05, 3.63) is 88.5 Å². The number of nitro benzene ring substituents is 1. The van der Waals surface area contributed by atoms with Gasteiger partial charge in [-0.05, 0) is 53.9 Å². The molecule has 3 aromatic carbocycles. The zero-order valence-electron chi connectivity index (χ0n) is 21.2. The topological polar surface area (TPSA) is 95.7 Å². The molecule has 0 unspecified atom stereocenters. The second kappa shape index (κ2) is 14.5. The fourth-order valence-corrected chi connectivity index (χ4v) is 3.90. The van der Waals surface area contributed by atoms with Crippen LogP contribution in [0, 0.1) is 10.1 Å². The SMILES string of the molecule is CCCCCCCCCCC(=O)Oc1ccc(-c2ccc(C(=O)Oc3ccc([N+](=O)[O-])cc3)cc2)cc1. The monoisotopic (exact) mass is 503 g/mol. The normalized spacial score (nSPS) is 10.6. The summed E-state index contributed by atoms with van der Waals surface area (Å²) in [6.45, 7) is 2.21. The average Bonchev–Trinajstić information content (AvgIpc) is 2.91. The molecule has 7 nitrogen and oxygen atoms in total. The second-order valence-corrected chi connectivity index (χ2v) is 8.94. The van der Waals surface area contributed by atoms with Gasteiger partial charge in [-0.15, -0.1) is 0 Å². The van der Waals surface area contributed by atoms with Crippen molar-refractivity contribution < 1.29 is 24.0 Å². The molecule has 0 aliphatic heterocycles. The largest absolute Gasteiger partial charge is 0.427 e. The third-order valence-electron chi connectivity index (χ3n) is 6.03. The van der Waals surface area contributed by atoms with Gasteiger partial charge in [-0.1, -0.05) is 76.1 Å². The lowest BCUT2D eigenvalue weighted by Crippen LogP contribution is -2.08. The van der Waals surface area contributed by atoms with Crippen molar-refractivity contribution in [1.82, 2.24) is 0 Å². The Morgan fingerprint density at radius 2 is 1.16 bits per heavy atom. The molecule has 0 saturated carbocycles. The van der Waals surface area contributed by atoms with E-state index in [0.717, 1.165) is 24.0 Å². The third-order valence-corrected chi connectivity index (χ3v) is 6.03. The Bertz CT molecular complexity index is 1150. The Labute approximate surface area is 217 Å². The quantitative estimate of drug-likeness (QED) is 0.0729. The van der Waals surface area contributed by atoms with Crippen LogP contribution >= 0.6 is 0 Å². The molecule has 0 saturated heterocycles. The number of nitrogens with zero attached hydrogens (tertiary/aromatic N) is 1. The van der Waals surface area contributed by atoms with E-state index in [1.165, 1.54) is 62.8 Å². The molecule has 194 valence electrons. The molecule has 7 heteroatoms. The maximum atomic E-state index is 12.4. The first-order valence-corrected chi connectivity index (χ1v) is 12.8. The number of hydrogen-bond donors (Lipinski definition) is 0. The Kier molecular flexibility index (Phi) is 10.8. The first kappa shape index (κ1) is 27.6. The van der Waals surface area contributed by atoms with E-state index >= 15 is 0 Å². The molecule has 0 bridgehead atoms. The minimum Gasteiger partial charge on any atom is -0.427 e. The fourth-order valence-electron chi connectivity index (χ4n) is 3.90. The average molecular weight is 504 g/mol. The predicted molar refractivity (Wildman–Crippen MR) is 143 cm³/mol. The minimum atomic E-state index is -0.556. The molecule has 37 heavy (non-hydrogen) atoms. The smallest absolute Gasteiger partial charge is 0.343 e. The number of rotatable bonds is 14. The van der Waals surface area contributed by atoms with Crippen LogP contribution in [0.25, 0.3) is 11.1 Å². The van der Waals surface area contributed by atoms with Crippen molar-refractivity contribution in [2.75, 3.05) is 0 Å². The van der Waals surface area contributed by atoms with E-state index in [2.05, 4.69) is 6.92 Å². The van der Waals surface area contributed by atoms with Gasteiger partial charge in [-0.3, -0.25) is 14.9 Å². The van der Waals surface area contributed by atoms with Crippen LogP contribution in [0.5, 0.6) is 11.5 Å². The number of nitro groups is 1. The summed E-state index contributed by atoms with van der Waals surface area (Å²) >= 11 is 0. The van der Waals surface area contributed by atoms with Crippen LogP contribution in [0.4, 0.5) is 5.69 Å². The van der Waals surface area contributed by atoms with Gasteiger partial charge in [0.25, 0.3) is 5.69 Å². The van der Waals surface area contributed by atoms with E-state index in [-0.39, 0.29) is 17.4 Å². The highest BCUT2D eigenvalue weighted by molar-refractivity contribution is 5.91. The summed E-state index contributed by atoms with van der Waals surface area (Å²) in [6, 6.07) is 19.5. The maximum absolute atomic E-state index is 12.4. The first-order chi connectivity index (χ1) is 18.0. The van der Waals surface area contributed by atoms with Crippen molar-refractivity contribution >= 4 is 17.6 Å². The van der Waals surface area contributed by atoms with Gasteiger partial charge in [-0.2, -0.15) is 0 Å². The highest BCUT2D eigenvalue weighted by atomic mass is 16.6. The molecule has 0 radical (unpaired) electrons. The van der Waals surface area contributed by atoms with Crippen molar-refractivity contribution in [1.29, 1.82) is 0 Å². The number of hydrogen-bond acceptors (Lipinski definition) is 6. The number of benzene rings is 3. The molecule has 0 atom stereocenters. The molecule has 0 aromatic heterocycles. The number of carbonyl (C=O) groups is 2. The molecule has 0 fully saturated rings. The maximum Gasteiger partial charge on any atom is 0.343 e. The van der Waals surface area contributed by atoms with E-state index < -0.39 is 10.9 Å². The van der Waals surface area contributed by atoms with Crippen LogP contribution in [0.15, 0.2) is 72.8 Å². The summed E-state index contributed by atoms with van der Waals surface area (Å²) in [5.74, 6) is -0.0300. The lowest BCUT2D eigenvalue weighted by Gasteiger charge is -2.08. The third kappa shape index (κ3) is 9.18. The van der Waals surface area contributed by atoms with E-state index in [1.807, 2.05) is 12.1 Å². The molecule has 0 amide bonds. The van der Waals surface area contributed by atoms with E-state index in [9.17, 15) is 19.7 Å². The first-order valence-electron chi connectivity index (χ1n) is 12.8. The summed E-state index contributed by atoms with van der Waals surface area (Å²) < 4.78 is 10.7. The Morgan fingerprint density at radius 1 is 0.676 bits per heavy atom. The van der Waals surface area contributed by atoms with Gasteiger partial charge in [0.05, 0.1) is 10.5 Å². The van der Waals surface area contributed by atoms with Crippen molar-refractivity contribution in [3.63, 3.8) is 0 Å². The van der Waals surface area contributed by atoms with E-state index in [4.69, 9.17) is 9.47 Å². The van der Waals surface area contributed by atoms with Crippen LogP contribution in [-0.2, 0) is 4.79 Å². The molecule has 0 aliphatic rings. The summed E-state index contributed by atoms with van der Waals surface area (Å²) in [5.41, 5.74) is 2.09. The molecular formula is C30H33NO6. The molecule has 0 heterocycles. The predicted octanol–water partition coefficient (Wildman–Crippen LogP) is 7.92. The van der Waals surface area contributed by atoms with Gasteiger partial charge >= 0.3 is 11.9 Å². The molecular weight excluding hydrogens is 470 g/mol. The van der Waals surface area contributed by atoms with Crippen LogP contribution < -0.4 is 9.47 Å². The van der Waals surface area contributed by atoms with E-state index in [1.54, 1.807) is 36.4 Å². The lowest BCUT2D eigenvalue weighted by atomic mass is 10.0. The molecule has 3 aromatic rings. The number of ether oxygens (including phenoxy) is 2. The van der Waals surface area contributed by atoms with Gasteiger partial charge in [0.1, 0.15) is 11.5 Å². The summed E-state index contributed by atoms with van der Waals surface area (Å²) in [4.78, 5) is 34.7. The number of non-ortho nitro benzene ring substituents is 1.